The van der Waals surface area contributed by atoms with Gasteiger partial charge in [-0.3, -0.25) is 0 Å². The largest absolute Gasteiger partial charge is 0.412 e. The normalized spacial score (nSPS) is 17.6. The lowest BCUT2D eigenvalue weighted by atomic mass is 9.98. The Kier molecular flexibility index (Phi) is 4.40. The number of nitrogens with two attached hydrogens (primary N) is 2. The first-order valence-corrected chi connectivity index (χ1v) is 5.36. The van der Waals surface area contributed by atoms with Crippen molar-refractivity contribution in [2.45, 2.75) is 12.1 Å². The summed E-state index contributed by atoms with van der Waals surface area (Å²) < 4.78 is 0. The summed E-state index contributed by atoms with van der Waals surface area (Å²) in [6, 6.07) is 10.2. The molecule has 0 saturated heterocycles. The van der Waals surface area contributed by atoms with Crippen LogP contribution in [0.2, 0.25) is 0 Å². The Labute approximate surface area is 101 Å². The predicted molar refractivity (Wildman–Crippen MR) is 72.0 cm³/mol. The van der Waals surface area contributed by atoms with Crippen molar-refractivity contribution in [2.75, 3.05) is 0 Å². The molecule has 1 aromatic rings. The van der Waals surface area contributed by atoms with E-state index in [1.165, 1.54) is 5.56 Å². The van der Waals surface area contributed by atoms with Crippen molar-refractivity contribution in [1.82, 2.24) is 0 Å². The van der Waals surface area contributed by atoms with E-state index in [1.54, 1.807) is 0 Å². The summed E-state index contributed by atoms with van der Waals surface area (Å²) in [6.07, 6.45) is 10.7. The predicted octanol–water partition coefficient (Wildman–Crippen LogP) is 1.38. The highest BCUT2D eigenvalue weighted by atomic mass is 16.0. The maximum atomic E-state index is 5.77. The van der Waals surface area contributed by atoms with E-state index in [1.807, 2.05) is 30.4 Å². The van der Waals surface area contributed by atoms with Crippen LogP contribution in [0.3, 0.4) is 0 Å². The molecule has 17 heavy (non-hydrogen) atoms. The number of hydrogen-bond acceptors (Lipinski definition) is 2. The van der Waals surface area contributed by atoms with Gasteiger partial charge in [0.05, 0.1) is 5.66 Å². The molecule has 1 aliphatic rings. The minimum Gasteiger partial charge on any atom is -0.412 e. The molecule has 6 N–H and O–H groups in total. The molecule has 0 aliphatic heterocycles. The Morgan fingerprint density at radius 3 is 2.35 bits per heavy atom. The van der Waals surface area contributed by atoms with Gasteiger partial charge in [0.1, 0.15) is 0 Å². The van der Waals surface area contributed by atoms with Crippen LogP contribution in [-0.4, -0.2) is 11.1 Å². The van der Waals surface area contributed by atoms with Crippen LogP contribution >= 0.6 is 0 Å². The molecule has 0 amide bonds. The molecule has 0 saturated carbocycles. The Hall–Kier alpha value is -1.68. The molecule has 0 atom stereocenters. The van der Waals surface area contributed by atoms with Crippen LogP contribution < -0.4 is 11.5 Å². The lowest BCUT2D eigenvalue weighted by molar-refractivity contribution is 0.555. The third-order valence-electron chi connectivity index (χ3n) is 2.55. The van der Waals surface area contributed by atoms with Crippen molar-refractivity contribution in [3.8, 4) is 0 Å². The average molecular weight is 230 g/mol. The molecule has 3 nitrogen and oxygen atoms in total. The van der Waals surface area contributed by atoms with Crippen molar-refractivity contribution >= 4 is 6.08 Å². The maximum absolute atomic E-state index is 5.77. The van der Waals surface area contributed by atoms with E-state index >= 15 is 0 Å². The van der Waals surface area contributed by atoms with Crippen LogP contribution in [0, 0.1) is 0 Å². The zero-order chi connectivity index (χ0) is 11.4. The van der Waals surface area contributed by atoms with E-state index < -0.39 is 5.66 Å². The van der Waals surface area contributed by atoms with Crippen molar-refractivity contribution < 1.29 is 5.48 Å². The maximum Gasteiger partial charge on any atom is 0.0867 e. The van der Waals surface area contributed by atoms with Crippen molar-refractivity contribution in [3.05, 3.63) is 65.8 Å². The first kappa shape index (κ1) is 13.4. The quantitative estimate of drug-likeness (QED) is 0.752. The second kappa shape index (κ2) is 5.59. The smallest absolute Gasteiger partial charge is 0.0867 e. The molecule has 0 heterocycles. The lowest BCUT2D eigenvalue weighted by Gasteiger charge is -2.21. The fraction of sp³-hybridized carbons (Fsp3) is 0.143. The van der Waals surface area contributed by atoms with Gasteiger partial charge in [0, 0.05) is 6.42 Å². The third kappa shape index (κ3) is 4.00. The zero-order valence-electron chi connectivity index (χ0n) is 9.64. The molecular formula is C14H18N2O. The Bertz CT molecular complexity index is 445. The van der Waals surface area contributed by atoms with E-state index in [2.05, 4.69) is 30.4 Å². The van der Waals surface area contributed by atoms with Gasteiger partial charge in [0.2, 0.25) is 0 Å². The summed E-state index contributed by atoms with van der Waals surface area (Å²) in [7, 11) is 0. The van der Waals surface area contributed by atoms with Crippen LogP contribution in [0.1, 0.15) is 12.0 Å². The van der Waals surface area contributed by atoms with E-state index in [4.69, 9.17) is 11.5 Å². The molecular weight excluding hydrogens is 212 g/mol. The van der Waals surface area contributed by atoms with Crippen LogP contribution in [-0.2, 0) is 0 Å². The first-order valence-electron chi connectivity index (χ1n) is 5.36. The Balaban J connectivity index is 0.00000144. The van der Waals surface area contributed by atoms with Crippen LogP contribution in [0.5, 0.6) is 0 Å². The summed E-state index contributed by atoms with van der Waals surface area (Å²) in [5.74, 6) is 0. The third-order valence-corrected chi connectivity index (χ3v) is 2.55. The van der Waals surface area contributed by atoms with E-state index in [0.717, 1.165) is 5.57 Å². The van der Waals surface area contributed by atoms with Crippen molar-refractivity contribution in [2.24, 2.45) is 11.5 Å². The summed E-state index contributed by atoms with van der Waals surface area (Å²) in [4.78, 5) is 0. The summed E-state index contributed by atoms with van der Waals surface area (Å²) in [6.45, 7) is 0. The van der Waals surface area contributed by atoms with E-state index in [0.29, 0.717) is 6.42 Å². The van der Waals surface area contributed by atoms with Gasteiger partial charge in [-0.15, -0.1) is 0 Å². The van der Waals surface area contributed by atoms with Gasteiger partial charge in [-0.2, -0.15) is 0 Å². The number of hydrogen-bond donors (Lipinski definition) is 2. The van der Waals surface area contributed by atoms with E-state index in [-0.39, 0.29) is 5.48 Å². The van der Waals surface area contributed by atoms with Crippen molar-refractivity contribution in [1.29, 1.82) is 0 Å². The summed E-state index contributed by atoms with van der Waals surface area (Å²) in [5.41, 5.74) is 13.2. The molecule has 3 heteroatoms. The second-order valence-electron chi connectivity index (χ2n) is 4.10. The highest BCUT2D eigenvalue weighted by molar-refractivity contribution is 5.55. The van der Waals surface area contributed by atoms with Crippen molar-refractivity contribution in [3.63, 3.8) is 0 Å². The molecule has 0 bridgehead atoms. The van der Waals surface area contributed by atoms with Crippen LogP contribution in [0.15, 0.2) is 60.2 Å². The number of benzene rings is 1. The molecule has 90 valence electrons. The standard InChI is InChI=1S/C14H16N2.H2O/c15-14(16)10-8-13(9-11-14)7-6-12-4-2-1-3-5-12;/h1-10H,11,15-16H2;1H2. The molecule has 0 fully saturated rings. The lowest BCUT2D eigenvalue weighted by Crippen LogP contribution is -2.47. The van der Waals surface area contributed by atoms with Gasteiger partial charge in [0.15, 0.2) is 0 Å². The molecule has 1 aliphatic carbocycles. The van der Waals surface area contributed by atoms with Gasteiger partial charge < -0.3 is 16.9 Å². The van der Waals surface area contributed by atoms with Gasteiger partial charge >= 0.3 is 0 Å². The first-order chi connectivity index (χ1) is 7.66. The highest BCUT2D eigenvalue weighted by Crippen LogP contribution is 2.16. The second-order valence-corrected chi connectivity index (χ2v) is 4.10. The zero-order valence-corrected chi connectivity index (χ0v) is 9.64. The molecule has 1 aromatic carbocycles. The van der Waals surface area contributed by atoms with Gasteiger partial charge in [-0.1, -0.05) is 54.6 Å². The fourth-order valence-electron chi connectivity index (χ4n) is 1.56. The minimum atomic E-state index is -0.677. The molecule has 2 rings (SSSR count). The Morgan fingerprint density at radius 1 is 1.06 bits per heavy atom. The molecule has 0 aromatic heterocycles. The topological polar surface area (TPSA) is 83.5 Å². The van der Waals surface area contributed by atoms with Gasteiger partial charge in [0.25, 0.3) is 0 Å². The van der Waals surface area contributed by atoms with Crippen LogP contribution in [0.4, 0.5) is 0 Å². The SMILES string of the molecule is NC1(N)C=CC(C=Cc2ccccc2)=CC1.O. The summed E-state index contributed by atoms with van der Waals surface area (Å²) >= 11 is 0. The summed E-state index contributed by atoms with van der Waals surface area (Å²) in [5, 5.41) is 0. The minimum absolute atomic E-state index is 0. The molecule has 0 spiro atoms. The average Bonchev–Trinajstić information content (AvgIpc) is 2.29. The molecule has 0 radical (unpaired) electrons. The number of rotatable bonds is 2. The van der Waals surface area contributed by atoms with Gasteiger partial charge in [-0.05, 0) is 17.2 Å². The number of allylic oxidation sites excluding steroid dienone is 3. The fourth-order valence-corrected chi connectivity index (χ4v) is 1.56. The van der Waals surface area contributed by atoms with Gasteiger partial charge in [-0.25, -0.2) is 0 Å². The monoisotopic (exact) mass is 230 g/mol. The molecule has 0 unspecified atom stereocenters. The van der Waals surface area contributed by atoms with E-state index in [9.17, 15) is 0 Å². The Morgan fingerprint density at radius 2 is 1.76 bits per heavy atom. The highest BCUT2D eigenvalue weighted by Gasteiger charge is 2.15. The van der Waals surface area contributed by atoms with Crippen LogP contribution in [0.25, 0.3) is 6.08 Å².